The number of unbranched alkanes of at least 4 members (excludes halogenated alkanes) is 1. The Bertz CT molecular complexity index is 1820. The summed E-state index contributed by atoms with van der Waals surface area (Å²) in [5.41, 5.74) is 0.191. The van der Waals surface area contributed by atoms with Crippen molar-refractivity contribution in [1.29, 1.82) is 0 Å². The molecule has 0 bridgehead atoms. The molecule has 0 aliphatic carbocycles. The average Bonchev–Trinajstić information content (AvgIpc) is 3.21. The first-order valence-corrected chi connectivity index (χ1v) is 22.8. The van der Waals surface area contributed by atoms with Crippen LogP contribution in [0.25, 0.3) is 0 Å². The SMILES string of the molecule is CNC(=O)NC1CCN(C(=O)[C@@H](CCCCNC(=O)OC(C)(C)C)CC(=O)[C@@H](CC(C)C)NC(=O)[C@H](CC(=O)[C@@H](Cc2ccccc2)NC(=O)OC(C)(C)C)Cc2ccccc2)CC1. The standard InChI is InChI=1S/C49H74N6O9/c1-33(2)28-39(41(56)31-36(22-16-17-25-51-46(61)63-48(3,4)5)44(59)55-26-23-38(24-27-55)52-45(60)50-9)53-43(58)37(29-34-18-12-10-13-19-34)32-42(57)40(30-35-20-14-11-15-21-35)54-47(62)64-49(6,7)8/h10-15,18-21,33,36-40H,16-17,22-32H2,1-9H3,(H,51,61)(H,53,58)(H,54,62)(H2,50,52,60)/t36-,37-,39+,40+/m0/s1. The van der Waals surface area contributed by atoms with E-state index < -0.39 is 53.2 Å². The lowest BCUT2D eigenvalue weighted by Crippen LogP contribution is -2.50. The van der Waals surface area contributed by atoms with Crippen molar-refractivity contribution < 1.29 is 43.0 Å². The lowest BCUT2D eigenvalue weighted by atomic mass is 9.87. The Morgan fingerprint density at radius 3 is 1.77 bits per heavy atom. The Hall–Kier alpha value is -5.47. The van der Waals surface area contributed by atoms with Crippen LogP contribution in [0.3, 0.4) is 0 Å². The molecule has 5 N–H and O–H groups in total. The number of benzene rings is 2. The van der Waals surface area contributed by atoms with Crippen molar-refractivity contribution in [2.75, 3.05) is 26.7 Å². The maximum absolute atomic E-state index is 14.5. The van der Waals surface area contributed by atoms with Gasteiger partial charge in [-0.2, -0.15) is 0 Å². The zero-order valence-corrected chi connectivity index (χ0v) is 39.6. The molecule has 1 heterocycles. The second-order valence-electron chi connectivity index (χ2n) is 19.3. The molecule has 4 atom stereocenters. The Balaban J connectivity index is 1.85. The molecule has 1 saturated heterocycles. The van der Waals surface area contributed by atoms with Crippen LogP contribution in [0.1, 0.15) is 118 Å². The fourth-order valence-electron chi connectivity index (χ4n) is 7.60. The quantitative estimate of drug-likeness (QED) is 0.0802. The van der Waals surface area contributed by atoms with E-state index in [1.165, 1.54) is 0 Å². The van der Waals surface area contributed by atoms with Crippen LogP contribution in [0.5, 0.6) is 0 Å². The molecule has 64 heavy (non-hydrogen) atoms. The van der Waals surface area contributed by atoms with E-state index in [2.05, 4.69) is 26.6 Å². The molecular formula is C49H74N6O9. The van der Waals surface area contributed by atoms with Crippen molar-refractivity contribution in [1.82, 2.24) is 31.5 Å². The third kappa shape index (κ3) is 20.4. The number of urea groups is 1. The Morgan fingerprint density at radius 1 is 0.688 bits per heavy atom. The van der Waals surface area contributed by atoms with Gasteiger partial charge in [-0.1, -0.05) is 80.9 Å². The number of ketones is 2. The fourth-order valence-corrected chi connectivity index (χ4v) is 7.60. The highest BCUT2D eigenvalue weighted by Gasteiger charge is 2.35. The van der Waals surface area contributed by atoms with Gasteiger partial charge in [0.15, 0.2) is 11.6 Å². The maximum Gasteiger partial charge on any atom is 0.408 e. The number of nitrogens with one attached hydrogen (secondary N) is 5. The molecule has 15 heteroatoms. The number of nitrogens with zero attached hydrogens (tertiary/aromatic N) is 1. The van der Waals surface area contributed by atoms with Crippen molar-refractivity contribution in [3.8, 4) is 0 Å². The topological polar surface area (TPSA) is 201 Å². The number of likely N-dealkylation sites (tertiary alicyclic amines) is 1. The third-order valence-electron chi connectivity index (χ3n) is 10.7. The molecule has 0 unspecified atom stereocenters. The summed E-state index contributed by atoms with van der Waals surface area (Å²) in [7, 11) is 1.55. The van der Waals surface area contributed by atoms with Crippen LogP contribution in [0.15, 0.2) is 60.7 Å². The van der Waals surface area contributed by atoms with Gasteiger partial charge in [0.05, 0.1) is 12.1 Å². The van der Waals surface area contributed by atoms with Gasteiger partial charge in [-0.25, -0.2) is 14.4 Å². The van der Waals surface area contributed by atoms with Gasteiger partial charge in [0.1, 0.15) is 11.2 Å². The van der Waals surface area contributed by atoms with Gasteiger partial charge >= 0.3 is 18.2 Å². The highest BCUT2D eigenvalue weighted by atomic mass is 16.6. The van der Waals surface area contributed by atoms with Gasteiger partial charge in [0, 0.05) is 57.4 Å². The minimum atomic E-state index is -0.993. The molecule has 2 aromatic rings. The smallest absolute Gasteiger partial charge is 0.408 e. The monoisotopic (exact) mass is 891 g/mol. The number of Topliss-reactive ketones (excluding diaryl/α,β-unsaturated/α-hetero) is 2. The summed E-state index contributed by atoms with van der Waals surface area (Å²) in [6.45, 7) is 15.6. The zero-order chi connectivity index (χ0) is 47.5. The van der Waals surface area contributed by atoms with E-state index in [1.54, 1.807) is 53.5 Å². The van der Waals surface area contributed by atoms with Crippen molar-refractivity contribution >= 4 is 41.6 Å². The van der Waals surface area contributed by atoms with E-state index in [9.17, 15) is 33.6 Å². The van der Waals surface area contributed by atoms with Gasteiger partial charge in [0.25, 0.3) is 0 Å². The minimum Gasteiger partial charge on any atom is -0.444 e. The van der Waals surface area contributed by atoms with Crippen molar-refractivity contribution in [2.24, 2.45) is 17.8 Å². The summed E-state index contributed by atoms with van der Waals surface area (Å²) in [6, 6.07) is 16.3. The number of carbonyl (C=O) groups excluding carboxylic acids is 7. The Labute approximate surface area is 380 Å². The first kappa shape index (κ1) is 52.9. The zero-order valence-electron chi connectivity index (χ0n) is 39.6. The Kier molecular flexibility index (Phi) is 21.3. The normalized spacial score (nSPS) is 15.2. The van der Waals surface area contributed by atoms with Gasteiger partial charge < -0.3 is 41.0 Å². The summed E-state index contributed by atoms with van der Waals surface area (Å²) in [4.78, 5) is 96.3. The molecule has 0 aromatic heterocycles. The molecule has 1 aliphatic rings. The van der Waals surface area contributed by atoms with E-state index in [1.807, 2.05) is 74.5 Å². The second kappa shape index (κ2) is 25.7. The fraction of sp³-hybridized carbons (Fsp3) is 0.612. The highest BCUT2D eigenvalue weighted by Crippen LogP contribution is 2.24. The molecule has 3 rings (SSSR count). The highest BCUT2D eigenvalue weighted by molar-refractivity contribution is 5.95. The molecule has 0 saturated carbocycles. The van der Waals surface area contributed by atoms with Crippen molar-refractivity contribution in [3.63, 3.8) is 0 Å². The first-order chi connectivity index (χ1) is 30.1. The number of hydrogen-bond donors (Lipinski definition) is 5. The number of ether oxygens (including phenoxy) is 2. The molecular weight excluding hydrogens is 817 g/mol. The summed E-state index contributed by atoms with van der Waals surface area (Å²) in [5.74, 6) is -2.89. The number of alkyl carbamates (subject to hydrolysis) is 2. The molecule has 1 fully saturated rings. The number of rotatable bonds is 22. The molecule has 354 valence electrons. The number of carbonyl (C=O) groups is 7. The summed E-state index contributed by atoms with van der Waals surface area (Å²) in [5, 5.41) is 14.0. The van der Waals surface area contributed by atoms with E-state index >= 15 is 0 Å². The van der Waals surface area contributed by atoms with E-state index in [0.29, 0.717) is 58.2 Å². The molecule has 2 aromatic carbocycles. The second-order valence-corrected chi connectivity index (χ2v) is 19.3. The van der Waals surface area contributed by atoms with E-state index in [4.69, 9.17) is 9.47 Å². The largest absolute Gasteiger partial charge is 0.444 e. The molecule has 0 radical (unpaired) electrons. The van der Waals surface area contributed by atoms with Crippen LogP contribution in [0.2, 0.25) is 0 Å². The van der Waals surface area contributed by atoms with Crippen LogP contribution in [0, 0.1) is 17.8 Å². The van der Waals surface area contributed by atoms with Crippen molar-refractivity contribution in [2.45, 2.75) is 149 Å². The van der Waals surface area contributed by atoms with Gasteiger partial charge in [0.2, 0.25) is 11.8 Å². The molecule has 6 amide bonds. The summed E-state index contributed by atoms with van der Waals surface area (Å²) < 4.78 is 10.8. The van der Waals surface area contributed by atoms with Crippen LogP contribution in [-0.4, -0.2) is 103 Å². The predicted molar refractivity (Wildman–Crippen MR) is 246 cm³/mol. The first-order valence-electron chi connectivity index (χ1n) is 22.8. The van der Waals surface area contributed by atoms with E-state index in [-0.39, 0.29) is 61.1 Å². The minimum absolute atomic E-state index is 0.00309. The molecule has 1 aliphatic heterocycles. The lowest BCUT2D eigenvalue weighted by Gasteiger charge is -2.35. The average molecular weight is 891 g/mol. The summed E-state index contributed by atoms with van der Waals surface area (Å²) >= 11 is 0. The third-order valence-corrected chi connectivity index (χ3v) is 10.7. The maximum atomic E-state index is 14.5. The number of hydrogen-bond acceptors (Lipinski definition) is 9. The van der Waals surface area contributed by atoms with Gasteiger partial charge in [-0.3, -0.25) is 19.2 Å². The van der Waals surface area contributed by atoms with Gasteiger partial charge in [-0.05, 0) is 104 Å². The molecule has 0 spiro atoms. The van der Waals surface area contributed by atoms with Crippen LogP contribution >= 0.6 is 0 Å². The van der Waals surface area contributed by atoms with Crippen molar-refractivity contribution in [3.05, 3.63) is 71.8 Å². The number of piperidine rings is 1. The van der Waals surface area contributed by atoms with Gasteiger partial charge in [-0.15, -0.1) is 0 Å². The number of amides is 6. The summed E-state index contributed by atoms with van der Waals surface area (Å²) in [6.07, 6.45) is 1.66. The van der Waals surface area contributed by atoms with E-state index in [0.717, 1.165) is 11.1 Å². The van der Waals surface area contributed by atoms with Crippen LogP contribution in [0.4, 0.5) is 14.4 Å². The molecule has 15 nitrogen and oxygen atoms in total. The van der Waals surface area contributed by atoms with Crippen LogP contribution in [-0.2, 0) is 41.5 Å². The van der Waals surface area contributed by atoms with Crippen LogP contribution < -0.4 is 26.6 Å². The predicted octanol–water partition coefficient (Wildman–Crippen LogP) is 6.66. The lowest BCUT2D eigenvalue weighted by molar-refractivity contribution is -0.140. The Morgan fingerprint density at radius 2 is 1.22 bits per heavy atom.